The summed E-state index contributed by atoms with van der Waals surface area (Å²) in [6.07, 6.45) is 0. The minimum atomic E-state index is -0.403. The van der Waals surface area contributed by atoms with Gasteiger partial charge < -0.3 is 9.30 Å². The predicted octanol–water partition coefficient (Wildman–Crippen LogP) is 7.92. The van der Waals surface area contributed by atoms with Crippen LogP contribution in [0.15, 0.2) is 115 Å². The van der Waals surface area contributed by atoms with E-state index >= 15 is 0 Å². The van der Waals surface area contributed by atoms with E-state index in [1.807, 2.05) is 60.7 Å². The molecule has 4 heteroatoms. The van der Waals surface area contributed by atoms with Gasteiger partial charge in [-0.2, -0.15) is 0 Å². The molecule has 0 saturated carbocycles. The Hall–Kier alpha value is -4.08. The number of hydrogen-bond donors (Lipinski definition) is 0. The third-order valence-electron chi connectivity index (χ3n) is 5.81. The zero-order valence-electron chi connectivity index (χ0n) is 18.6. The summed E-state index contributed by atoms with van der Waals surface area (Å²) in [6, 6.07) is 38.0. The van der Waals surface area contributed by atoms with Gasteiger partial charge in [0.25, 0.3) is 0 Å². The van der Waals surface area contributed by atoms with Gasteiger partial charge in [0.15, 0.2) is 0 Å². The maximum atomic E-state index is 12.7. The first-order valence-electron chi connectivity index (χ1n) is 11.0. The van der Waals surface area contributed by atoms with Crippen LogP contribution in [0.4, 0.5) is 0 Å². The van der Waals surface area contributed by atoms with Crippen LogP contribution in [0.25, 0.3) is 39.3 Å². The Morgan fingerprint density at radius 1 is 0.706 bits per heavy atom. The van der Waals surface area contributed by atoms with Crippen LogP contribution in [0.1, 0.15) is 10.4 Å². The topological polar surface area (TPSA) is 31.2 Å². The van der Waals surface area contributed by atoms with Gasteiger partial charge in [0.1, 0.15) is 0 Å². The van der Waals surface area contributed by atoms with Crippen molar-refractivity contribution in [2.45, 2.75) is 0 Å². The molecular weight excluding hydrogens is 442 g/mol. The molecule has 0 bridgehead atoms. The molecule has 34 heavy (non-hydrogen) atoms. The van der Waals surface area contributed by atoms with Crippen molar-refractivity contribution in [3.05, 3.63) is 126 Å². The van der Waals surface area contributed by atoms with Crippen molar-refractivity contribution >= 4 is 17.6 Å². The van der Waals surface area contributed by atoms with Gasteiger partial charge in [0, 0.05) is 16.3 Å². The molecule has 0 aliphatic rings. The summed E-state index contributed by atoms with van der Waals surface area (Å²) < 4.78 is 7.34. The van der Waals surface area contributed by atoms with E-state index in [1.165, 1.54) is 7.11 Å². The van der Waals surface area contributed by atoms with Crippen molar-refractivity contribution in [2.24, 2.45) is 0 Å². The highest BCUT2D eigenvalue weighted by atomic mass is 35.5. The molecule has 166 valence electrons. The lowest BCUT2D eigenvalue weighted by atomic mass is 9.96. The van der Waals surface area contributed by atoms with Crippen LogP contribution in [0.5, 0.6) is 0 Å². The smallest absolute Gasteiger partial charge is 0.338 e. The van der Waals surface area contributed by atoms with Crippen LogP contribution < -0.4 is 0 Å². The fourth-order valence-electron chi connectivity index (χ4n) is 4.29. The first kappa shape index (κ1) is 21.7. The van der Waals surface area contributed by atoms with Gasteiger partial charge in [-0.1, -0.05) is 90.5 Å². The number of benzene rings is 4. The van der Waals surface area contributed by atoms with Crippen LogP contribution in [0, 0.1) is 0 Å². The number of nitrogens with zero attached hydrogens (tertiary/aromatic N) is 1. The zero-order chi connectivity index (χ0) is 23.5. The van der Waals surface area contributed by atoms with Crippen LogP contribution in [0.2, 0.25) is 5.02 Å². The molecule has 0 unspecified atom stereocenters. The zero-order valence-corrected chi connectivity index (χ0v) is 19.4. The average molecular weight is 464 g/mol. The normalized spacial score (nSPS) is 10.8. The van der Waals surface area contributed by atoms with Crippen molar-refractivity contribution in [1.29, 1.82) is 0 Å². The van der Waals surface area contributed by atoms with Crippen molar-refractivity contribution in [2.75, 3.05) is 7.11 Å². The summed E-state index contributed by atoms with van der Waals surface area (Å²) in [4.78, 5) is 12.7. The van der Waals surface area contributed by atoms with Crippen LogP contribution in [-0.2, 0) is 4.74 Å². The number of para-hydroxylation sites is 1. The standard InChI is InChI=1S/C30H22ClNO2/c1-34-30(33)25-18-17-23(31)19-26(25)27-20-28(21-11-5-2-6-12-21)32(24-15-9-4-10-16-24)29(27)22-13-7-3-8-14-22/h2-20H,1H3. The van der Waals surface area contributed by atoms with E-state index in [9.17, 15) is 4.79 Å². The van der Waals surface area contributed by atoms with E-state index < -0.39 is 5.97 Å². The summed E-state index contributed by atoms with van der Waals surface area (Å²) in [5.41, 5.74) is 7.19. The molecule has 5 rings (SSSR count). The number of halogens is 1. The van der Waals surface area contributed by atoms with Gasteiger partial charge in [-0.3, -0.25) is 0 Å². The molecule has 0 amide bonds. The first-order valence-corrected chi connectivity index (χ1v) is 11.4. The number of rotatable bonds is 5. The third kappa shape index (κ3) is 4.02. The predicted molar refractivity (Wildman–Crippen MR) is 138 cm³/mol. The highest BCUT2D eigenvalue weighted by molar-refractivity contribution is 6.31. The van der Waals surface area contributed by atoms with E-state index in [1.54, 1.807) is 12.1 Å². The van der Waals surface area contributed by atoms with Gasteiger partial charge in [-0.15, -0.1) is 0 Å². The summed E-state index contributed by atoms with van der Waals surface area (Å²) in [6.45, 7) is 0. The number of ether oxygens (including phenoxy) is 1. The van der Waals surface area contributed by atoms with Gasteiger partial charge in [-0.25, -0.2) is 4.79 Å². The van der Waals surface area contributed by atoms with Crippen molar-refractivity contribution in [3.63, 3.8) is 0 Å². The molecule has 1 heterocycles. The Balaban J connectivity index is 1.92. The number of carbonyl (C=O) groups is 1. The fourth-order valence-corrected chi connectivity index (χ4v) is 4.46. The highest BCUT2D eigenvalue weighted by Gasteiger charge is 2.24. The molecule has 0 atom stereocenters. The monoisotopic (exact) mass is 463 g/mol. The van der Waals surface area contributed by atoms with E-state index in [4.69, 9.17) is 16.3 Å². The minimum Gasteiger partial charge on any atom is -0.465 e. The molecule has 3 nitrogen and oxygen atoms in total. The SMILES string of the molecule is COC(=O)c1ccc(Cl)cc1-c1cc(-c2ccccc2)n(-c2ccccc2)c1-c1ccccc1. The lowest BCUT2D eigenvalue weighted by Gasteiger charge is -2.16. The Morgan fingerprint density at radius 3 is 1.91 bits per heavy atom. The first-order chi connectivity index (χ1) is 16.7. The Kier molecular flexibility index (Phi) is 6.03. The number of carbonyl (C=O) groups excluding carboxylic acids is 1. The number of methoxy groups -OCH3 is 1. The number of aromatic nitrogens is 1. The maximum Gasteiger partial charge on any atom is 0.338 e. The van der Waals surface area contributed by atoms with Gasteiger partial charge in [0.05, 0.1) is 24.1 Å². The van der Waals surface area contributed by atoms with Crippen LogP contribution >= 0.6 is 11.6 Å². The highest BCUT2D eigenvalue weighted by Crippen LogP contribution is 2.42. The Labute approximate surface area is 203 Å². The van der Waals surface area contributed by atoms with E-state index in [0.717, 1.165) is 39.3 Å². The molecule has 0 saturated heterocycles. The molecule has 0 aliphatic carbocycles. The Morgan fingerprint density at radius 2 is 1.29 bits per heavy atom. The van der Waals surface area contributed by atoms with Gasteiger partial charge in [-0.05, 0) is 53.1 Å². The number of hydrogen-bond acceptors (Lipinski definition) is 2. The van der Waals surface area contributed by atoms with Gasteiger partial charge >= 0.3 is 5.97 Å². The molecule has 0 aliphatic heterocycles. The van der Waals surface area contributed by atoms with Crippen LogP contribution in [-0.4, -0.2) is 17.6 Å². The second kappa shape index (κ2) is 9.42. The second-order valence-electron chi connectivity index (χ2n) is 7.88. The van der Waals surface area contributed by atoms with Crippen molar-refractivity contribution in [3.8, 4) is 39.3 Å². The van der Waals surface area contributed by atoms with E-state index in [2.05, 4.69) is 47.0 Å². The second-order valence-corrected chi connectivity index (χ2v) is 8.31. The van der Waals surface area contributed by atoms with Crippen LogP contribution in [0.3, 0.4) is 0 Å². The minimum absolute atomic E-state index is 0.403. The molecule has 0 radical (unpaired) electrons. The molecule has 0 fully saturated rings. The summed E-state index contributed by atoms with van der Waals surface area (Å²) in [7, 11) is 1.39. The Bertz CT molecular complexity index is 1440. The molecule has 0 spiro atoms. The lowest BCUT2D eigenvalue weighted by Crippen LogP contribution is -2.04. The largest absolute Gasteiger partial charge is 0.465 e. The van der Waals surface area contributed by atoms with Gasteiger partial charge in [0.2, 0.25) is 0 Å². The molecule has 1 aromatic heterocycles. The van der Waals surface area contributed by atoms with E-state index in [-0.39, 0.29) is 0 Å². The maximum absolute atomic E-state index is 12.7. The lowest BCUT2D eigenvalue weighted by molar-refractivity contribution is 0.0601. The molecule has 5 aromatic rings. The summed E-state index contributed by atoms with van der Waals surface area (Å²) in [5.74, 6) is -0.403. The van der Waals surface area contributed by atoms with Crippen molar-refractivity contribution < 1.29 is 9.53 Å². The third-order valence-corrected chi connectivity index (χ3v) is 6.04. The summed E-state index contributed by atoms with van der Waals surface area (Å²) in [5, 5.41) is 0.551. The molecular formula is C30H22ClNO2. The van der Waals surface area contributed by atoms with E-state index in [0.29, 0.717) is 10.6 Å². The molecule has 4 aromatic carbocycles. The average Bonchev–Trinajstić information content (AvgIpc) is 3.30. The fraction of sp³-hybridized carbons (Fsp3) is 0.0333. The van der Waals surface area contributed by atoms with Crippen molar-refractivity contribution in [1.82, 2.24) is 4.57 Å². The molecule has 0 N–H and O–H groups in total. The number of esters is 1. The quantitative estimate of drug-likeness (QED) is 0.248. The summed E-state index contributed by atoms with van der Waals surface area (Å²) >= 11 is 6.43.